The Balaban J connectivity index is 2.13. The first kappa shape index (κ1) is 15.2. The van der Waals surface area contributed by atoms with Crippen LogP contribution in [0.25, 0.3) is 0 Å². The molecule has 1 aliphatic carbocycles. The van der Waals surface area contributed by atoms with Crippen LogP contribution in [0.15, 0.2) is 30.1 Å². The van der Waals surface area contributed by atoms with Gasteiger partial charge < -0.3 is 9.64 Å². The molecule has 112 valence electrons. The first-order chi connectivity index (χ1) is 9.93. The second-order valence-corrected chi connectivity index (χ2v) is 5.57. The van der Waals surface area contributed by atoms with Gasteiger partial charge in [-0.05, 0) is 25.0 Å². The zero-order valence-corrected chi connectivity index (χ0v) is 12.8. The molecule has 1 heterocycles. The standard InChI is InChI=1S/C16H20N2O3/c1-10-5-6-14(17-8-10)11-7-12(11)15(19)13(9-18(2)3)16(20)21-4/h5-6,8-9,11-12H,7H2,1-4H3. The highest BCUT2D eigenvalue weighted by Crippen LogP contribution is 2.48. The number of aromatic nitrogens is 1. The number of hydrogen-bond acceptors (Lipinski definition) is 5. The first-order valence-electron chi connectivity index (χ1n) is 6.87. The third-order valence-electron chi connectivity index (χ3n) is 3.50. The predicted molar refractivity (Wildman–Crippen MR) is 78.6 cm³/mol. The molecule has 5 heteroatoms. The third-order valence-corrected chi connectivity index (χ3v) is 3.50. The summed E-state index contributed by atoms with van der Waals surface area (Å²) in [4.78, 5) is 30.3. The SMILES string of the molecule is COC(=O)C(=CN(C)C)C(=O)C1CC1c1ccc(C)cn1. The van der Waals surface area contributed by atoms with E-state index < -0.39 is 5.97 Å². The molecule has 2 atom stereocenters. The maximum absolute atomic E-state index is 12.5. The molecule has 21 heavy (non-hydrogen) atoms. The van der Waals surface area contributed by atoms with Gasteiger partial charge >= 0.3 is 5.97 Å². The molecule has 0 aliphatic heterocycles. The van der Waals surface area contributed by atoms with Gasteiger partial charge in [-0.3, -0.25) is 9.78 Å². The number of hydrogen-bond donors (Lipinski definition) is 0. The quantitative estimate of drug-likeness (QED) is 0.357. The highest BCUT2D eigenvalue weighted by Gasteiger charge is 2.47. The Bertz CT molecular complexity index is 576. The van der Waals surface area contributed by atoms with Crippen molar-refractivity contribution in [3.05, 3.63) is 41.4 Å². The lowest BCUT2D eigenvalue weighted by atomic mass is 10.1. The molecule has 0 aromatic carbocycles. The number of Topliss-reactive ketones (excluding diaryl/α,β-unsaturated/α-hetero) is 1. The largest absolute Gasteiger partial charge is 0.465 e. The Morgan fingerprint density at radius 2 is 2.10 bits per heavy atom. The Hall–Kier alpha value is -2.17. The third kappa shape index (κ3) is 3.48. The summed E-state index contributed by atoms with van der Waals surface area (Å²) in [6, 6.07) is 3.93. The van der Waals surface area contributed by atoms with E-state index in [0.29, 0.717) is 0 Å². The van der Waals surface area contributed by atoms with E-state index in [0.717, 1.165) is 17.7 Å². The van der Waals surface area contributed by atoms with Crippen LogP contribution in [-0.4, -0.2) is 42.8 Å². The summed E-state index contributed by atoms with van der Waals surface area (Å²) in [6.07, 6.45) is 4.05. The molecular formula is C16H20N2O3. The molecule has 2 rings (SSSR count). The smallest absolute Gasteiger partial charge is 0.342 e. The number of esters is 1. The number of aryl methyl sites for hydroxylation is 1. The summed E-state index contributed by atoms with van der Waals surface area (Å²) in [5, 5.41) is 0. The minimum absolute atomic E-state index is 0.0992. The lowest BCUT2D eigenvalue weighted by Crippen LogP contribution is -2.19. The van der Waals surface area contributed by atoms with Crippen LogP contribution in [0.1, 0.15) is 23.6 Å². The molecule has 1 saturated carbocycles. The Morgan fingerprint density at radius 1 is 1.38 bits per heavy atom. The number of nitrogens with zero attached hydrogens (tertiary/aromatic N) is 2. The fourth-order valence-electron chi connectivity index (χ4n) is 2.30. The average Bonchev–Trinajstić information content (AvgIpc) is 3.24. The van der Waals surface area contributed by atoms with Crippen LogP contribution in [0.5, 0.6) is 0 Å². The van der Waals surface area contributed by atoms with E-state index in [9.17, 15) is 9.59 Å². The highest BCUT2D eigenvalue weighted by atomic mass is 16.5. The minimum Gasteiger partial charge on any atom is -0.465 e. The molecule has 1 aromatic heterocycles. The lowest BCUT2D eigenvalue weighted by Gasteiger charge is -2.09. The van der Waals surface area contributed by atoms with Gasteiger partial charge in [-0.15, -0.1) is 0 Å². The fourth-order valence-corrected chi connectivity index (χ4v) is 2.30. The van der Waals surface area contributed by atoms with Crippen LogP contribution >= 0.6 is 0 Å². The van der Waals surface area contributed by atoms with Gasteiger partial charge in [-0.2, -0.15) is 0 Å². The topological polar surface area (TPSA) is 59.5 Å². The summed E-state index contributed by atoms with van der Waals surface area (Å²) in [6.45, 7) is 1.97. The summed E-state index contributed by atoms with van der Waals surface area (Å²) in [5.41, 5.74) is 2.10. The van der Waals surface area contributed by atoms with Crippen molar-refractivity contribution in [3.8, 4) is 0 Å². The zero-order chi connectivity index (χ0) is 15.6. The molecule has 0 bridgehead atoms. The van der Waals surface area contributed by atoms with Crippen molar-refractivity contribution >= 4 is 11.8 Å². The number of rotatable bonds is 5. The van der Waals surface area contributed by atoms with Crippen molar-refractivity contribution in [2.45, 2.75) is 19.3 Å². The molecule has 0 saturated heterocycles. The van der Waals surface area contributed by atoms with E-state index in [1.165, 1.54) is 13.3 Å². The van der Waals surface area contributed by atoms with Crippen LogP contribution in [0.2, 0.25) is 0 Å². The van der Waals surface area contributed by atoms with Crippen molar-refractivity contribution in [1.29, 1.82) is 0 Å². The number of methoxy groups -OCH3 is 1. The Labute approximate surface area is 124 Å². The lowest BCUT2D eigenvalue weighted by molar-refractivity contribution is -0.138. The van der Waals surface area contributed by atoms with Crippen LogP contribution in [0.3, 0.4) is 0 Å². The molecule has 1 aliphatic rings. The van der Waals surface area contributed by atoms with Crippen molar-refractivity contribution in [2.75, 3.05) is 21.2 Å². The molecule has 0 amide bonds. The number of ketones is 1. The van der Waals surface area contributed by atoms with Gasteiger partial charge in [-0.1, -0.05) is 6.07 Å². The number of carbonyl (C=O) groups excluding carboxylic acids is 2. The van der Waals surface area contributed by atoms with Gasteiger partial charge in [0.25, 0.3) is 0 Å². The van der Waals surface area contributed by atoms with Gasteiger partial charge in [0.15, 0.2) is 5.78 Å². The monoisotopic (exact) mass is 288 g/mol. The van der Waals surface area contributed by atoms with E-state index in [1.807, 2.05) is 19.1 Å². The second-order valence-electron chi connectivity index (χ2n) is 5.57. The van der Waals surface area contributed by atoms with E-state index >= 15 is 0 Å². The number of pyridine rings is 1. The van der Waals surface area contributed by atoms with E-state index in [2.05, 4.69) is 4.98 Å². The van der Waals surface area contributed by atoms with Crippen LogP contribution < -0.4 is 0 Å². The molecule has 0 radical (unpaired) electrons. The number of ether oxygens (including phenoxy) is 1. The molecule has 5 nitrogen and oxygen atoms in total. The van der Waals surface area contributed by atoms with Gasteiger partial charge in [0, 0.05) is 44.0 Å². The average molecular weight is 288 g/mol. The Kier molecular flexibility index (Phi) is 4.40. The van der Waals surface area contributed by atoms with E-state index in [1.54, 1.807) is 25.2 Å². The van der Waals surface area contributed by atoms with Crippen LogP contribution in [0.4, 0.5) is 0 Å². The summed E-state index contributed by atoms with van der Waals surface area (Å²) < 4.78 is 4.70. The molecule has 0 spiro atoms. The number of carbonyl (C=O) groups is 2. The maximum Gasteiger partial charge on any atom is 0.342 e. The highest BCUT2D eigenvalue weighted by molar-refractivity contribution is 6.19. The van der Waals surface area contributed by atoms with Crippen molar-refractivity contribution < 1.29 is 14.3 Å². The molecule has 2 unspecified atom stereocenters. The van der Waals surface area contributed by atoms with Gasteiger partial charge in [0.2, 0.25) is 0 Å². The summed E-state index contributed by atoms with van der Waals surface area (Å²) in [5.74, 6) is -0.821. The summed E-state index contributed by atoms with van der Waals surface area (Å²) in [7, 11) is 4.81. The van der Waals surface area contributed by atoms with Gasteiger partial charge in [-0.25, -0.2) is 4.79 Å². The normalized spacial score (nSPS) is 20.9. The zero-order valence-electron chi connectivity index (χ0n) is 12.8. The van der Waals surface area contributed by atoms with Crippen LogP contribution in [-0.2, 0) is 14.3 Å². The Morgan fingerprint density at radius 3 is 2.62 bits per heavy atom. The molecule has 1 fully saturated rings. The molecular weight excluding hydrogens is 268 g/mol. The molecule has 0 N–H and O–H groups in total. The predicted octanol–water partition coefficient (Wildman–Crippen LogP) is 1.68. The van der Waals surface area contributed by atoms with E-state index in [4.69, 9.17) is 4.74 Å². The van der Waals surface area contributed by atoms with Gasteiger partial charge in [0.1, 0.15) is 5.57 Å². The van der Waals surface area contributed by atoms with Crippen molar-refractivity contribution in [2.24, 2.45) is 5.92 Å². The fraction of sp³-hybridized carbons (Fsp3) is 0.438. The molecule has 1 aromatic rings. The second kappa shape index (κ2) is 6.08. The van der Waals surface area contributed by atoms with Gasteiger partial charge in [0.05, 0.1) is 7.11 Å². The van der Waals surface area contributed by atoms with Crippen LogP contribution in [0, 0.1) is 12.8 Å². The van der Waals surface area contributed by atoms with E-state index in [-0.39, 0.29) is 23.2 Å². The summed E-state index contributed by atoms with van der Waals surface area (Å²) >= 11 is 0. The van der Waals surface area contributed by atoms with Crippen molar-refractivity contribution in [3.63, 3.8) is 0 Å². The van der Waals surface area contributed by atoms with Crippen molar-refractivity contribution in [1.82, 2.24) is 9.88 Å². The maximum atomic E-state index is 12.5. The minimum atomic E-state index is -0.587. The first-order valence-corrected chi connectivity index (χ1v) is 6.87.